The summed E-state index contributed by atoms with van der Waals surface area (Å²) in [5.74, 6) is -1.82. The predicted octanol–water partition coefficient (Wildman–Crippen LogP) is 10.8. The summed E-state index contributed by atoms with van der Waals surface area (Å²) < 4.78 is 17.1. The molecule has 0 aromatic heterocycles. The minimum atomic E-state index is -1.14. The van der Waals surface area contributed by atoms with Crippen molar-refractivity contribution in [1.29, 1.82) is 0 Å². The molecule has 0 heterocycles. The number of allylic oxidation sites excluding steroid dienone is 14. The molecule has 324 valence electrons. The van der Waals surface area contributed by atoms with Gasteiger partial charge in [-0.3, -0.25) is 9.59 Å². The molecular formula is C49H81NO7. The largest absolute Gasteiger partial charge is 0.544 e. The van der Waals surface area contributed by atoms with Gasteiger partial charge >= 0.3 is 11.9 Å². The molecule has 0 amide bonds. The van der Waals surface area contributed by atoms with Crippen molar-refractivity contribution in [2.75, 3.05) is 41.0 Å². The number of aliphatic carboxylic acids is 1. The van der Waals surface area contributed by atoms with E-state index in [9.17, 15) is 19.5 Å². The zero-order valence-electron chi connectivity index (χ0n) is 36.7. The molecule has 0 N–H and O–H groups in total. The molecule has 0 bridgehead atoms. The summed E-state index contributed by atoms with van der Waals surface area (Å²) in [7, 11) is 5.37. The third-order valence-corrected chi connectivity index (χ3v) is 9.30. The van der Waals surface area contributed by atoms with Crippen LogP contribution in [0.2, 0.25) is 0 Å². The Labute approximate surface area is 348 Å². The molecule has 2 unspecified atom stereocenters. The summed E-state index contributed by atoms with van der Waals surface area (Å²) in [6, 6.07) is -0.739. The Kier molecular flexibility index (Phi) is 36.9. The van der Waals surface area contributed by atoms with Crippen molar-refractivity contribution in [3.8, 4) is 0 Å². The van der Waals surface area contributed by atoms with Crippen LogP contribution >= 0.6 is 0 Å². The van der Waals surface area contributed by atoms with Crippen molar-refractivity contribution in [2.24, 2.45) is 0 Å². The Bertz CT molecular complexity index is 1200. The number of carbonyl (C=O) groups excluding carboxylic acids is 3. The molecule has 0 fully saturated rings. The Morgan fingerprint density at radius 2 is 0.982 bits per heavy atom. The highest BCUT2D eigenvalue weighted by Crippen LogP contribution is 2.13. The van der Waals surface area contributed by atoms with Crippen LogP contribution in [-0.2, 0) is 28.6 Å². The van der Waals surface area contributed by atoms with E-state index in [2.05, 4.69) is 98.9 Å². The van der Waals surface area contributed by atoms with Gasteiger partial charge in [0.05, 0.1) is 40.3 Å². The fraction of sp³-hybridized carbons (Fsp3) is 0.653. The maximum Gasteiger partial charge on any atom is 0.306 e. The van der Waals surface area contributed by atoms with Gasteiger partial charge < -0.3 is 28.6 Å². The standard InChI is InChI=1S/C49H81NO7/c1-6-8-10-12-14-16-18-19-20-21-22-23-24-25-26-27-28-29-30-32-34-36-38-40-48(52)57-45(43-55-42-41-46(49(53)54)50(3,4)5)44-56-47(51)39-37-35-33-31-17-15-13-11-9-7-2/h8,10,14,16,19-20,22-23,25-26,28-29,32,34,45-46H,6-7,9,11-13,15,17-18,21,24,27,30-31,33,35-44H2,1-5H3/b10-8+,16-14+,20-19+,23-22+,26-25+,29-28+,34-32+. The lowest BCUT2D eigenvalue weighted by Gasteiger charge is -2.34. The second-order valence-electron chi connectivity index (χ2n) is 15.6. The molecule has 57 heavy (non-hydrogen) atoms. The minimum absolute atomic E-state index is 0.0139. The van der Waals surface area contributed by atoms with E-state index in [4.69, 9.17) is 14.2 Å². The fourth-order valence-corrected chi connectivity index (χ4v) is 5.88. The Morgan fingerprint density at radius 3 is 1.44 bits per heavy atom. The molecule has 0 saturated carbocycles. The quantitative estimate of drug-likeness (QED) is 0.0265. The second kappa shape index (κ2) is 39.3. The van der Waals surface area contributed by atoms with Gasteiger partial charge in [0.2, 0.25) is 0 Å². The molecule has 0 aliphatic heterocycles. The number of ether oxygens (including phenoxy) is 3. The smallest absolute Gasteiger partial charge is 0.306 e. The van der Waals surface area contributed by atoms with Crippen molar-refractivity contribution < 1.29 is 38.2 Å². The molecule has 8 heteroatoms. The monoisotopic (exact) mass is 796 g/mol. The average Bonchev–Trinajstić information content (AvgIpc) is 3.17. The lowest BCUT2D eigenvalue weighted by atomic mass is 10.1. The Balaban J connectivity index is 4.43. The maximum atomic E-state index is 12.7. The van der Waals surface area contributed by atoms with E-state index in [1.54, 1.807) is 21.1 Å². The molecule has 0 aliphatic carbocycles. The normalized spacial score (nSPS) is 13.8. The Hall–Kier alpha value is -3.49. The first-order valence-electron chi connectivity index (χ1n) is 22.1. The minimum Gasteiger partial charge on any atom is -0.544 e. The number of unbranched alkanes of at least 4 members (excludes halogenated alkanes) is 10. The lowest BCUT2D eigenvalue weighted by Crippen LogP contribution is -2.55. The van der Waals surface area contributed by atoms with Gasteiger partial charge in [0.15, 0.2) is 6.10 Å². The first-order valence-corrected chi connectivity index (χ1v) is 22.1. The molecule has 2 atom stereocenters. The highest BCUT2D eigenvalue weighted by Gasteiger charge is 2.25. The van der Waals surface area contributed by atoms with Crippen molar-refractivity contribution >= 4 is 17.9 Å². The van der Waals surface area contributed by atoms with Crippen LogP contribution in [0.25, 0.3) is 0 Å². The molecule has 0 aliphatic rings. The van der Waals surface area contributed by atoms with E-state index < -0.39 is 18.1 Å². The SMILES string of the molecule is CC/C=C/C/C=C/C/C=C/C/C=C/C/C=C/C/C=C/C/C=C/CCCC(=O)OC(COCCC(C(=O)[O-])[N+](C)(C)C)COC(=O)CCCCCCCCCCCC. The number of rotatable bonds is 38. The molecule has 0 spiro atoms. The molecule has 0 rings (SSSR count). The van der Waals surface area contributed by atoms with Crippen LogP contribution in [-0.4, -0.2) is 75.5 Å². The summed E-state index contributed by atoms with van der Waals surface area (Å²) in [6.07, 6.45) is 50.5. The van der Waals surface area contributed by atoms with Gasteiger partial charge in [-0.05, 0) is 64.2 Å². The van der Waals surface area contributed by atoms with Crippen LogP contribution < -0.4 is 5.11 Å². The number of esters is 2. The van der Waals surface area contributed by atoms with Crippen LogP contribution in [0.4, 0.5) is 0 Å². The highest BCUT2D eigenvalue weighted by molar-refractivity contribution is 5.70. The molecular weight excluding hydrogens is 715 g/mol. The molecule has 0 radical (unpaired) electrons. The number of carboxylic acid groups (broad SMARTS) is 1. The van der Waals surface area contributed by atoms with E-state index in [-0.39, 0.29) is 49.1 Å². The van der Waals surface area contributed by atoms with Crippen molar-refractivity contribution in [3.63, 3.8) is 0 Å². The van der Waals surface area contributed by atoms with Crippen LogP contribution in [0.1, 0.15) is 155 Å². The number of hydrogen-bond donors (Lipinski definition) is 0. The van der Waals surface area contributed by atoms with Crippen LogP contribution in [0.15, 0.2) is 85.1 Å². The van der Waals surface area contributed by atoms with Crippen molar-refractivity contribution in [2.45, 2.75) is 167 Å². The third kappa shape index (κ3) is 37.8. The van der Waals surface area contributed by atoms with E-state index in [0.717, 1.165) is 70.6 Å². The summed E-state index contributed by atoms with van der Waals surface area (Å²) in [5.41, 5.74) is 0. The summed E-state index contributed by atoms with van der Waals surface area (Å²) >= 11 is 0. The van der Waals surface area contributed by atoms with Gasteiger partial charge in [-0.15, -0.1) is 0 Å². The summed E-state index contributed by atoms with van der Waals surface area (Å²) in [6.45, 7) is 4.45. The maximum absolute atomic E-state index is 12.7. The number of hydrogen-bond acceptors (Lipinski definition) is 7. The topological polar surface area (TPSA) is 102 Å². The zero-order chi connectivity index (χ0) is 42.1. The number of carbonyl (C=O) groups is 3. The van der Waals surface area contributed by atoms with Gasteiger partial charge in [0, 0.05) is 19.3 Å². The molecule has 0 saturated heterocycles. The van der Waals surface area contributed by atoms with Gasteiger partial charge in [-0.1, -0.05) is 157 Å². The predicted molar refractivity (Wildman–Crippen MR) is 235 cm³/mol. The van der Waals surface area contributed by atoms with E-state index >= 15 is 0 Å². The highest BCUT2D eigenvalue weighted by atomic mass is 16.6. The lowest BCUT2D eigenvalue weighted by molar-refractivity contribution is -0.889. The van der Waals surface area contributed by atoms with Crippen LogP contribution in [0, 0.1) is 0 Å². The van der Waals surface area contributed by atoms with E-state index in [0.29, 0.717) is 12.8 Å². The fourth-order valence-electron chi connectivity index (χ4n) is 5.88. The summed E-state index contributed by atoms with van der Waals surface area (Å²) in [4.78, 5) is 36.8. The first kappa shape index (κ1) is 53.5. The first-order chi connectivity index (χ1) is 27.6. The third-order valence-electron chi connectivity index (χ3n) is 9.30. The summed E-state index contributed by atoms with van der Waals surface area (Å²) in [5, 5.41) is 11.6. The number of nitrogens with zero attached hydrogens (tertiary/aromatic N) is 1. The van der Waals surface area contributed by atoms with Gasteiger partial charge in [0.1, 0.15) is 12.6 Å². The van der Waals surface area contributed by atoms with Crippen molar-refractivity contribution in [1.82, 2.24) is 0 Å². The van der Waals surface area contributed by atoms with Gasteiger partial charge in [-0.2, -0.15) is 0 Å². The van der Waals surface area contributed by atoms with E-state index in [1.807, 2.05) is 0 Å². The van der Waals surface area contributed by atoms with Crippen LogP contribution in [0.3, 0.4) is 0 Å². The molecule has 8 nitrogen and oxygen atoms in total. The van der Waals surface area contributed by atoms with Crippen LogP contribution in [0.5, 0.6) is 0 Å². The number of carboxylic acids is 1. The average molecular weight is 796 g/mol. The zero-order valence-corrected chi connectivity index (χ0v) is 36.7. The number of likely N-dealkylation sites (N-methyl/N-ethyl adjacent to an activating group) is 1. The molecule has 0 aromatic rings. The molecule has 0 aromatic carbocycles. The van der Waals surface area contributed by atoms with Crippen molar-refractivity contribution in [3.05, 3.63) is 85.1 Å². The Morgan fingerprint density at radius 1 is 0.544 bits per heavy atom. The second-order valence-corrected chi connectivity index (χ2v) is 15.6. The van der Waals surface area contributed by atoms with Gasteiger partial charge in [0.25, 0.3) is 0 Å². The van der Waals surface area contributed by atoms with E-state index in [1.165, 1.54) is 44.9 Å². The van der Waals surface area contributed by atoms with Gasteiger partial charge in [-0.25, -0.2) is 0 Å². The number of quaternary nitrogens is 1.